The molecule has 2 fully saturated rings. The summed E-state index contributed by atoms with van der Waals surface area (Å²) < 4.78 is 5.46. The third-order valence-electron chi connectivity index (χ3n) is 4.47. The highest BCUT2D eigenvalue weighted by Crippen LogP contribution is 2.47. The van der Waals surface area contributed by atoms with E-state index in [1.54, 1.807) is 0 Å². The van der Waals surface area contributed by atoms with Crippen molar-refractivity contribution in [3.05, 3.63) is 0 Å². The van der Waals surface area contributed by atoms with Gasteiger partial charge in [-0.15, -0.1) is 0 Å². The fourth-order valence-electron chi connectivity index (χ4n) is 3.15. The molecule has 1 saturated heterocycles. The van der Waals surface area contributed by atoms with E-state index in [0.29, 0.717) is 5.41 Å². The zero-order valence-electron chi connectivity index (χ0n) is 11.8. The van der Waals surface area contributed by atoms with Crippen LogP contribution in [0.4, 0.5) is 0 Å². The van der Waals surface area contributed by atoms with Crippen LogP contribution in [-0.4, -0.2) is 25.3 Å². The van der Waals surface area contributed by atoms with Crippen LogP contribution < -0.4 is 5.32 Å². The van der Waals surface area contributed by atoms with Crippen molar-refractivity contribution in [3.63, 3.8) is 0 Å². The van der Waals surface area contributed by atoms with E-state index >= 15 is 0 Å². The van der Waals surface area contributed by atoms with Crippen molar-refractivity contribution in [2.75, 3.05) is 19.8 Å². The molecule has 0 atom stereocenters. The smallest absolute Gasteiger partial charge is 0.0468 e. The number of hydrogen-bond acceptors (Lipinski definition) is 2. The molecule has 17 heavy (non-hydrogen) atoms. The largest absolute Gasteiger partial charge is 0.381 e. The average Bonchev–Trinajstić information content (AvgIpc) is 2.22. The maximum Gasteiger partial charge on any atom is 0.0468 e. The van der Waals surface area contributed by atoms with Gasteiger partial charge in [0.1, 0.15) is 0 Å². The molecule has 0 aromatic heterocycles. The summed E-state index contributed by atoms with van der Waals surface area (Å²) in [5.41, 5.74) is 0.882. The summed E-state index contributed by atoms with van der Waals surface area (Å²) in [5, 5.41) is 3.72. The summed E-state index contributed by atoms with van der Waals surface area (Å²) in [6.07, 6.45) is 8.32. The molecule has 0 bridgehead atoms. The van der Waals surface area contributed by atoms with E-state index in [-0.39, 0.29) is 5.54 Å². The minimum atomic E-state index is 0.262. The molecule has 1 heterocycles. The lowest BCUT2D eigenvalue weighted by Gasteiger charge is -2.46. The molecule has 0 spiro atoms. The highest BCUT2D eigenvalue weighted by atomic mass is 16.5. The predicted molar refractivity (Wildman–Crippen MR) is 72.2 cm³/mol. The van der Waals surface area contributed by atoms with Crippen molar-refractivity contribution in [1.29, 1.82) is 0 Å². The Morgan fingerprint density at radius 3 is 2.29 bits per heavy atom. The summed E-state index contributed by atoms with van der Waals surface area (Å²) in [7, 11) is 0. The van der Waals surface area contributed by atoms with E-state index in [4.69, 9.17) is 4.74 Å². The van der Waals surface area contributed by atoms with Crippen LogP contribution in [0.15, 0.2) is 0 Å². The molecule has 0 unspecified atom stereocenters. The highest BCUT2D eigenvalue weighted by Gasteiger charge is 2.39. The summed E-state index contributed by atoms with van der Waals surface area (Å²) >= 11 is 0. The van der Waals surface area contributed by atoms with E-state index in [1.807, 2.05) is 0 Å². The van der Waals surface area contributed by atoms with Gasteiger partial charge in [0.15, 0.2) is 0 Å². The monoisotopic (exact) mass is 239 g/mol. The molecule has 2 heteroatoms. The normalized spacial score (nSPS) is 25.6. The second-order valence-electron chi connectivity index (χ2n) is 7.22. The molecule has 0 aromatic rings. The van der Waals surface area contributed by atoms with Crippen LogP contribution in [0.1, 0.15) is 59.3 Å². The van der Waals surface area contributed by atoms with Crippen LogP contribution in [0.3, 0.4) is 0 Å². The summed E-state index contributed by atoms with van der Waals surface area (Å²) in [4.78, 5) is 0. The van der Waals surface area contributed by atoms with E-state index in [9.17, 15) is 0 Å². The molecule has 1 N–H and O–H groups in total. The van der Waals surface area contributed by atoms with E-state index in [2.05, 4.69) is 26.1 Å². The van der Waals surface area contributed by atoms with Crippen LogP contribution in [-0.2, 0) is 4.74 Å². The first-order valence-electron chi connectivity index (χ1n) is 7.32. The van der Waals surface area contributed by atoms with Gasteiger partial charge < -0.3 is 10.1 Å². The molecular weight excluding hydrogens is 210 g/mol. The fraction of sp³-hybridized carbons (Fsp3) is 1.00. The zero-order chi connectivity index (χ0) is 12.4. The zero-order valence-corrected chi connectivity index (χ0v) is 11.8. The molecule has 100 valence electrons. The molecule has 0 amide bonds. The van der Waals surface area contributed by atoms with Gasteiger partial charge in [0.05, 0.1) is 0 Å². The maximum absolute atomic E-state index is 5.46. The number of rotatable bonds is 4. The van der Waals surface area contributed by atoms with Gasteiger partial charge in [0, 0.05) is 25.3 Å². The van der Waals surface area contributed by atoms with Gasteiger partial charge in [0.25, 0.3) is 0 Å². The molecule has 2 aliphatic rings. The highest BCUT2D eigenvalue weighted by molar-refractivity contribution is 4.93. The summed E-state index contributed by atoms with van der Waals surface area (Å²) in [6, 6.07) is 0. The minimum Gasteiger partial charge on any atom is -0.381 e. The van der Waals surface area contributed by atoms with Gasteiger partial charge in [-0.2, -0.15) is 0 Å². The molecule has 1 saturated carbocycles. The Labute approximate surface area is 107 Å². The molecule has 0 aromatic carbocycles. The van der Waals surface area contributed by atoms with Crippen LogP contribution in [0, 0.1) is 11.3 Å². The molecule has 2 rings (SSSR count). The number of nitrogens with one attached hydrogen (secondary N) is 1. The lowest BCUT2D eigenvalue weighted by Crippen LogP contribution is -2.48. The predicted octanol–water partition coefficient (Wildman–Crippen LogP) is 3.36. The summed E-state index contributed by atoms with van der Waals surface area (Å²) in [5.74, 6) is 0.922. The van der Waals surface area contributed by atoms with Crippen LogP contribution >= 0.6 is 0 Å². The van der Waals surface area contributed by atoms with Crippen LogP contribution in [0.5, 0.6) is 0 Å². The van der Waals surface area contributed by atoms with Crippen molar-refractivity contribution < 1.29 is 4.74 Å². The first kappa shape index (κ1) is 13.4. The molecule has 2 nitrogen and oxygen atoms in total. The van der Waals surface area contributed by atoms with Crippen LogP contribution in [0.2, 0.25) is 0 Å². The number of ether oxygens (including phenoxy) is 1. The topological polar surface area (TPSA) is 21.3 Å². The van der Waals surface area contributed by atoms with Crippen molar-refractivity contribution in [3.8, 4) is 0 Å². The standard InChI is InChI=1S/C15H29NO/c1-14(2,3)16-12-15(7-4-8-15)11-13-5-9-17-10-6-13/h13,16H,4-12H2,1-3H3. The first-order valence-corrected chi connectivity index (χ1v) is 7.32. The maximum atomic E-state index is 5.46. The Kier molecular flexibility index (Phi) is 4.14. The second-order valence-corrected chi connectivity index (χ2v) is 7.22. The Bertz CT molecular complexity index is 234. The van der Waals surface area contributed by atoms with Gasteiger partial charge in [-0.25, -0.2) is 0 Å². The summed E-state index contributed by atoms with van der Waals surface area (Å²) in [6.45, 7) is 10.0. The lowest BCUT2D eigenvalue weighted by atomic mass is 9.63. The fourth-order valence-corrected chi connectivity index (χ4v) is 3.15. The van der Waals surface area contributed by atoms with Gasteiger partial charge in [-0.05, 0) is 64.2 Å². The third kappa shape index (κ3) is 3.96. The molecule has 0 radical (unpaired) electrons. The van der Waals surface area contributed by atoms with Crippen molar-refractivity contribution >= 4 is 0 Å². The van der Waals surface area contributed by atoms with E-state index in [0.717, 1.165) is 19.1 Å². The Morgan fingerprint density at radius 2 is 1.82 bits per heavy atom. The number of hydrogen-bond donors (Lipinski definition) is 1. The third-order valence-corrected chi connectivity index (χ3v) is 4.47. The van der Waals surface area contributed by atoms with Crippen molar-refractivity contribution in [1.82, 2.24) is 5.32 Å². The quantitative estimate of drug-likeness (QED) is 0.812. The van der Waals surface area contributed by atoms with Crippen molar-refractivity contribution in [2.45, 2.75) is 64.8 Å². The molecule has 1 aliphatic heterocycles. The SMILES string of the molecule is CC(C)(C)NCC1(CC2CCOCC2)CCC1. The van der Waals surface area contributed by atoms with E-state index in [1.165, 1.54) is 45.1 Å². The first-order chi connectivity index (χ1) is 7.99. The van der Waals surface area contributed by atoms with Crippen molar-refractivity contribution in [2.24, 2.45) is 11.3 Å². The minimum absolute atomic E-state index is 0.262. The Balaban J connectivity index is 1.81. The van der Waals surface area contributed by atoms with Gasteiger partial charge in [-0.3, -0.25) is 0 Å². The van der Waals surface area contributed by atoms with Crippen LogP contribution in [0.25, 0.3) is 0 Å². The lowest BCUT2D eigenvalue weighted by molar-refractivity contribution is 0.0213. The van der Waals surface area contributed by atoms with Gasteiger partial charge >= 0.3 is 0 Å². The van der Waals surface area contributed by atoms with Gasteiger partial charge in [-0.1, -0.05) is 6.42 Å². The Morgan fingerprint density at radius 1 is 1.18 bits per heavy atom. The average molecular weight is 239 g/mol. The Hall–Kier alpha value is -0.0800. The second kappa shape index (κ2) is 5.27. The van der Waals surface area contributed by atoms with E-state index < -0.39 is 0 Å². The molecule has 1 aliphatic carbocycles. The molecular formula is C15H29NO. The van der Waals surface area contributed by atoms with Gasteiger partial charge in [0.2, 0.25) is 0 Å².